The summed E-state index contributed by atoms with van der Waals surface area (Å²) in [5.74, 6) is 1.68. The molecule has 0 unspecified atom stereocenters. The maximum atomic E-state index is 6.39. The molecule has 7 nitrogen and oxygen atoms in total. The molecule has 0 aliphatic rings. The molecule has 3 heterocycles. The Bertz CT molecular complexity index is 1140. The molecule has 3 aromatic heterocycles. The molecule has 4 aromatic rings. The Balaban J connectivity index is 0.00000160. The van der Waals surface area contributed by atoms with Gasteiger partial charge in [0.05, 0.1) is 21.8 Å². The number of hydrogen-bond acceptors (Lipinski definition) is 6. The molecule has 0 bridgehead atoms. The zero-order valence-electron chi connectivity index (χ0n) is 15.9. The minimum atomic E-state index is 0. The number of anilines is 2. The summed E-state index contributed by atoms with van der Waals surface area (Å²) in [6.45, 7) is 1.20. The van der Waals surface area contributed by atoms with Crippen LogP contribution in [0.4, 0.5) is 11.5 Å². The van der Waals surface area contributed by atoms with E-state index in [1.807, 2.05) is 22.9 Å². The lowest BCUT2D eigenvalue weighted by atomic mass is 10.3. The van der Waals surface area contributed by atoms with E-state index in [1.165, 1.54) is 12.5 Å². The molecule has 31 heavy (non-hydrogen) atoms. The zero-order chi connectivity index (χ0) is 19.5. The summed E-state index contributed by atoms with van der Waals surface area (Å²) in [7, 11) is 0. The van der Waals surface area contributed by atoms with Crippen LogP contribution in [0.1, 0.15) is 0 Å². The largest absolute Gasteiger partial charge is 0.454 e. The number of halogens is 5. The van der Waals surface area contributed by atoms with E-state index >= 15 is 0 Å². The minimum Gasteiger partial charge on any atom is -0.454 e. The standard InChI is InChI=1S/C19H16Cl2N6O.3ClH/c20-12-7-14(10-23-9-12)28-17-2-1-13(8-15(17)21)26-19-18-16(24-11-25-19)3-5-27(18)6-4-22;;;/h1-3,5,7-11H,4,6,22H2,(H,24,25,26);3*1H. The van der Waals surface area contributed by atoms with Crippen molar-refractivity contribution in [3.05, 3.63) is 65.3 Å². The maximum Gasteiger partial charge on any atom is 0.158 e. The molecule has 0 atom stereocenters. The SMILES string of the molecule is Cl.Cl.Cl.NCCn1ccc2ncnc(Nc3ccc(Oc4cncc(Cl)c4)c(Cl)c3)c21. The summed E-state index contributed by atoms with van der Waals surface area (Å²) in [6, 6.07) is 8.98. The van der Waals surface area contributed by atoms with Crippen LogP contribution in [0.2, 0.25) is 10.0 Å². The molecule has 0 saturated heterocycles. The fourth-order valence-corrected chi connectivity index (χ4v) is 3.21. The van der Waals surface area contributed by atoms with Crippen LogP contribution in [0, 0.1) is 0 Å². The van der Waals surface area contributed by atoms with Gasteiger partial charge in [-0.3, -0.25) is 4.98 Å². The third-order valence-corrected chi connectivity index (χ3v) is 4.52. The first-order valence-corrected chi connectivity index (χ1v) is 9.24. The Morgan fingerprint density at radius 3 is 2.55 bits per heavy atom. The zero-order valence-corrected chi connectivity index (χ0v) is 19.8. The molecular weight excluding hydrogens is 506 g/mol. The minimum absolute atomic E-state index is 0. The number of rotatable bonds is 6. The van der Waals surface area contributed by atoms with Gasteiger partial charge in [0.25, 0.3) is 0 Å². The highest BCUT2D eigenvalue weighted by molar-refractivity contribution is 6.32. The van der Waals surface area contributed by atoms with Crippen LogP contribution >= 0.6 is 60.4 Å². The summed E-state index contributed by atoms with van der Waals surface area (Å²) in [5.41, 5.74) is 8.18. The third kappa shape index (κ3) is 6.26. The Labute approximate surface area is 207 Å². The number of benzene rings is 1. The maximum absolute atomic E-state index is 6.39. The van der Waals surface area contributed by atoms with E-state index in [4.69, 9.17) is 33.7 Å². The number of ether oxygens (including phenoxy) is 1. The number of hydrogen-bond donors (Lipinski definition) is 2. The average Bonchev–Trinajstić information content (AvgIpc) is 3.09. The van der Waals surface area contributed by atoms with E-state index in [0.717, 1.165) is 16.7 Å². The van der Waals surface area contributed by atoms with E-state index in [2.05, 4.69) is 20.3 Å². The van der Waals surface area contributed by atoms with Crippen molar-refractivity contribution in [3.8, 4) is 11.5 Å². The van der Waals surface area contributed by atoms with Gasteiger partial charge in [-0.2, -0.15) is 0 Å². The first-order chi connectivity index (χ1) is 13.6. The number of nitrogens with one attached hydrogen (secondary N) is 1. The molecule has 0 spiro atoms. The van der Waals surface area contributed by atoms with Crippen LogP contribution in [0.15, 0.2) is 55.2 Å². The lowest BCUT2D eigenvalue weighted by Crippen LogP contribution is -2.10. The second kappa shape index (κ2) is 12.1. The van der Waals surface area contributed by atoms with Gasteiger partial charge in [-0.25, -0.2) is 9.97 Å². The van der Waals surface area contributed by atoms with Gasteiger partial charge in [0.15, 0.2) is 5.82 Å². The van der Waals surface area contributed by atoms with E-state index in [-0.39, 0.29) is 37.2 Å². The van der Waals surface area contributed by atoms with Gasteiger partial charge in [-0.15, -0.1) is 37.2 Å². The summed E-state index contributed by atoms with van der Waals surface area (Å²) < 4.78 is 7.77. The van der Waals surface area contributed by atoms with Gasteiger partial charge in [0.2, 0.25) is 0 Å². The van der Waals surface area contributed by atoms with Crippen molar-refractivity contribution in [2.75, 3.05) is 11.9 Å². The predicted molar refractivity (Wildman–Crippen MR) is 132 cm³/mol. The lowest BCUT2D eigenvalue weighted by Gasteiger charge is -2.12. The molecule has 1 aromatic carbocycles. The first-order valence-electron chi connectivity index (χ1n) is 8.49. The molecule has 0 saturated carbocycles. The highest BCUT2D eigenvalue weighted by Gasteiger charge is 2.11. The Morgan fingerprint density at radius 1 is 1.03 bits per heavy atom. The lowest BCUT2D eigenvalue weighted by molar-refractivity contribution is 0.480. The topological polar surface area (TPSA) is 90.9 Å². The molecule has 0 aliphatic carbocycles. The molecular formula is C19H19Cl5N6O. The van der Waals surface area contributed by atoms with E-state index in [0.29, 0.717) is 40.5 Å². The van der Waals surface area contributed by atoms with E-state index in [9.17, 15) is 0 Å². The Morgan fingerprint density at radius 2 is 1.84 bits per heavy atom. The summed E-state index contributed by atoms with van der Waals surface area (Å²) >= 11 is 12.3. The molecule has 166 valence electrons. The summed E-state index contributed by atoms with van der Waals surface area (Å²) in [4.78, 5) is 12.7. The number of pyridine rings is 1. The highest BCUT2D eigenvalue weighted by atomic mass is 35.5. The quantitative estimate of drug-likeness (QED) is 0.327. The molecule has 0 fully saturated rings. The van der Waals surface area contributed by atoms with E-state index in [1.54, 1.807) is 24.4 Å². The van der Waals surface area contributed by atoms with Gasteiger partial charge in [0.1, 0.15) is 23.3 Å². The summed E-state index contributed by atoms with van der Waals surface area (Å²) in [6.07, 6.45) is 6.56. The molecule has 0 amide bonds. The van der Waals surface area contributed by atoms with Crippen molar-refractivity contribution >= 4 is 83.0 Å². The van der Waals surface area contributed by atoms with Crippen LogP contribution in [0.3, 0.4) is 0 Å². The molecule has 12 heteroatoms. The number of aromatic nitrogens is 4. The van der Waals surface area contributed by atoms with Crippen molar-refractivity contribution in [1.82, 2.24) is 19.5 Å². The van der Waals surface area contributed by atoms with Crippen molar-refractivity contribution < 1.29 is 4.74 Å². The fourth-order valence-electron chi connectivity index (χ4n) is 2.82. The van der Waals surface area contributed by atoms with Gasteiger partial charge >= 0.3 is 0 Å². The fraction of sp³-hybridized carbons (Fsp3) is 0.105. The first kappa shape index (κ1) is 27.0. The number of nitrogens with zero attached hydrogens (tertiary/aromatic N) is 4. The molecule has 0 aliphatic heterocycles. The second-order valence-electron chi connectivity index (χ2n) is 5.97. The normalized spacial score (nSPS) is 9.90. The van der Waals surface area contributed by atoms with Crippen LogP contribution < -0.4 is 15.8 Å². The average molecular weight is 525 g/mol. The molecule has 0 radical (unpaired) electrons. The van der Waals surface area contributed by atoms with Crippen molar-refractivity contribution in [2.24, 2.45) is 5.73 Å². The Kier molecular flexibility index (Phi) is 10.6. The second-order valence-corrected chi connectivity index (χ2v) is 6.81. The monoisotopic (exact) mass is 522 g/mol. The van der Waals surface area contributed by atoms with Gasteiger partial charge < -0.3 is 20.4 Å². The van der Waals surface area contributed by atoms with Gasteiger partial charge in [-0.05, 0) is 24.3 Å². The van der Waals surface area contributed by atoms with Crippen molar-refractivity contribution in [2.45, 2.75) is 6.54 Å². The van der Waals surface area contributed by atoms with E-state index < -0.39 is 0 Å². The number of fused-ring (bicyclic) bond motifs is 1. The van der Waals surface area contributed by atoms with Crippen molar-refractivity contribution in [3.63, 3.8) is 0 Å². The number of nitrogens with two attached hydrogens (primary N) is 1. The smallest absolute Gasteiger partial charge is 0.158 e. The van der Waals surface area contributed by atoms with Crippen molar-refractivity contribution in [1.29, 1.82) is 0 Å². The Hall–Kier alpha value is -2.00. The van der Waals surface area contributed by atoms with Crippen LogP contribution in [0.5, 0.6) is 11.5 Å². The van der Waals surface area contributed by atoms with Gasteiger partial charge in [-0.1, -0.05) is 23.2 Å². The summed E-state index contributed by atoms with van der Waals surface area (Å²) in [5, 5.41) is 4.21. The van der Waals surface area contributed by atoms with Gasteiger partial charge in [0, 0.05) is 37.2 Å². The van der Waals surface area contributed by atoms with Crippen LogP contribution in [0.25, 0.3) is 11.0 Å². The molecule has 4 rings (SSSR count). The highest BCUT2D eigenvalue weighted by Crippen LogP contribution is 2.33. The molecule has 3 N–H and O–H groups in total. The van der Waals surface area contributed by atoms with Crippen LogP contribution in [-0.2, 0) is 6.54 Å². The third-order valence-electron chi connectivity index (χ3n) is 4.02. The van der Waals surface area contributed by atoms with Crippen LogP contribution in [-0.4, -0.2) is 26.1 Å². The predicted octanol–water partition coefficient (Wildman–Crippen LogP) is 5.89.